The first-order chi connectivity index (χ1) is 7.00. The average molecular weight is 246 g/mol. The van der Waals surface area contributed by atoms with Gasteiger partial charge < -0.3 is 5.32 Å². The molecule has 80 valence electrons. The summed E-state index contributed by atoms with van der Waals surface area (Å²) in [5.41, 5.74) is 0.791. The first-order valence-corrected chi connectivity index (χ1v) is 4.99. The molecule has 1 aromatic carbocycles. The van der Waals surface area contributed by atoms with Crippen LogP contribution in [0.1, 0.15) is 12.5 Å². The third-order valence-corrected chi connectivity index (χ3v) is 2.50. The summed E-state index contributed by atoms with van der Waals surface area (Å²) >= 11 is 11.5. The number of carbonyl (C=O) groups is 2. The largest absolute Gasteiger partial charge is 0.345 e. The van der Waals surface area contributed by atoms with Crippen LogP contribution >= 0.6 is 23.2 Å². The first kappa shape index (κ1) is 12.0. The van der Waals surface area contributed by atoms with E-state index >= 15 is 0 Å². The van der Waals surface area contributed by atoms with E-state index in [1.807, 2.05) is 0 Å². The summed E-state index contributed by atoms with van der Waals surface area (Å²) in [6.07, 6.45) is 0. The zero-order chi connectivity index (χ0) is 11.4. The van der Waals surface area contributed by atoms with Gasteiger partial charge in [-0.3, -0.25) is 9.59 Å². The van der Waals surface area contributed by atoms with Crippen molar-refractivity contribution in [2.45, 2.75) is 13.5 Å². The summed E-state index contributed by atoms with van der Waals surface area (Å²) in [5, 5.41) is 3.33. The summed E-state index contributed by atoms with van der Waals surface area (Å²) < 4.78 is 0. The van der Waals surface area contributed by atoms with Crippen molar-refractivity contribution in [2.75, 3.05) is 0 Å². The molecule has 0 saturated heterocycles. The van der Waals surface area contributed by atoms with Gasteiger partial charge in [-0.05, 0) is 17.7 Å². The number of benzene rings is 1. The number of hydrogen-bond acceptors (Lipinski definition) is 2. The molecule has 0 aromatic heterocycles. The number of hydrogen-bond donors (Lipinski definition) is 1. The van der Waals surface area contributed by atoms with Crippen LogP contribution in [-0.2, 0) is 16.1 Å². The third kappa shape index (κ3) is 3.53. The monoisotopic (exact) mass is 245 g/mol. The van der Waals surface area contributed by atoms with Crippen molar-refractivity contribution < 1.29 is 9.59 Å². The quantitative estimate of drug-likeness (QED) is 0.831. The molecule has 0 radical (unpaired) electrons. The van der Waals surface area contributed by atoms with E-state index < -0.39 is 11.7 Å². The molecule has 3 nitrogen and oxygen atoms in total. The Morgan fingerprint density at radius 2 is 1.93 bits per heavy atom. The Bertz CT molecular complexity index is 404. The van der Waals surface area contributed by atoms with Gasteiger partial charge in [-0.25, -0.2) is 0 Å². The van der Waals surface area contributed by atoms with Gasteiger partial charge in [-0.1, -0.05) is 29.3 Å². The van der Waals surface area contributed by atoms with Crippen molar-refractivity contribution in [1.29, 1.82) is 0 Å². The molecule has 0 unspecified atom stereocenters. The van der Waals surface area contributed by atoms with Crippen molar-refractivity contribution in [1.82, 2.24) is 5.32 Å². The van der Waals surface area contributed by atoms with Crippen LogP contribution in [0.5, 0.6) is 0 Å². The van der Waals surface area contributed by atoms with Gasteiger partial charge in [-0.15, -0.1) is 0 Å². The summed E-state index contributed by atoms with van der Waals surface area (Å²) in [7, 11) is 0. The Morgan fingerprint density at radius 3 is 2.47 bits per heavy atom. The maximum atomic E-state index is 10.9. The zero-order valence-corrected chi connectivity index (χ0v) is 9.52. The minimum absolute atomic E-state index is 0.259. The fourth-order valence-corrected chi connectivity index (χ4v) is 1.28. The molecule has 0 heterocycles. The van der Waals surface area contributed by atoms with E-state index in [0.29, 0.717) is 10.0 Å². The molecule has 1 aromatic rings. The molecule has 1 N–H and O–H groups in total. The van der Waals surface area contributed by atoms with E-state index in [1.54, 1.807) is 18.2 Å². The Balaban J connectivity index is 2.62. The van der Waals surface area contributed by atoms with Gasteiger partial charge in [0.1, 0.15) is 0 Å². The Kier molecular flexibility index (Phi) is 4.12. The predicted molar refractivity (Wildman–Crippen MR) is 59.0 cm³/mol. The molecule has 0 fully saturated rings. The second kappa shape index (κ2) is 5.14. The normalized spacial score (nSPS) is 9.80. The SMILES string of the molecule is CC(=O)C(=O)NCc1ccc(Cl)c(Cl)c1. The van der Waals surface area contributed by atoms with Crippen LogP contribution in [0, 0.1) is 0 Å². The molecule has 0 spiro atoms. The van der Waals surface area contributed by atoms with E-state index in [2.05, 4.69) is 5.32 Å². The van der Waals surface area contributed by atoms with Crippen LogP contribution in [0.4, 0.5) is 0 Å². The number of halogens is 2. The van der Waals surface area contributed by atoms with Crippen LogP contribution in [0.15, 0.2) is 18.2 Å². The van der Waals surface area contributed by atoms with Crippen LogP contribution in [0.25, 0.3) is 0 Å². The van der Waals surface area contributed by atoms with E-state index in [9.17, 15) is 9.59 Å². The number of carbonyl (C=O) groups excluding carboxylic acids is 2. The fraction of sp³-hybridized carbons (Fsp3) is 0.200. The van der Waals surface area contributed by atoms with Gasteiger partial charge in [0, 0.05) is 13.5 Å². The van der Waals surface area contributed by atoms with E-state index in [-0.39, 0.29) is 6.54 Å². The summed E-state index contributed by atoms with van der Waals surface area (Å²) in [6, 6.07) is 5.01. The standard InChI is InChI=1S/C10H9Cl2NO2/c1-6(14)10(15)13-5-7-2-3-8(11)9(12)4-7/h2-4H,5H2,1H3,(H,13,15). The summed E-state index contributed by atoms with van der Waals surface area (Å²) in [4.78, 5) is 21.6. The number of amides is 1. The minimum Gasteiger partial charge on any atom is -0.345 e. The molecule has 0 saturated carbocycles. The van der Waals surface area contributed by atoms with E-state index in [4.69, 9.17) is 23.2 Å². The molecule has 1 rings (SSSR count). The first-order valence-electron chi connectivity index (χ1n) is 4.23. The van der Waals surface area contributed by atoms with Crippen molar-refractivity contribution in [3.8, 4) is 0 Å². The maximum Gasteiger partial charge on any atom is 0.287 e. The highest BCUT2D eigenvalue weighted by atomic mass is 35.5. The van der Waals surface area contributed by atoms with Crippen LogP contribution in [-0.4, -0.2) is 11.7 Å². The van der Waals surface area contributed by atoms with Gasteiger partial charge in [0.05, 0.1) is 10.0 Å². The Labute approximate surface area is 97.4 Å². The molecule has 0 atom stereocenters. The summed E-state index contributed by atoms with van der Waals surface area (Å²) in [5.74, 6) is -1.13. The lowest BCUT2D eigenvalue weighted by Gasteiger charge is -2.04. The second-order valence-electron chi connectivity index (χ2n) is 2.99. The Morgan fingerprint density at radius 1 is 1.27 bits per heavy atom. The van der Waals surface area contributed by atoms with Gasteiger partial charge in [0.25, 0.3) is 5.91 Å². The third-order valence-electron chi connectivity index (χ3n) is 1.76. The van der Waals surface area contributed by atoms with Crippen molar-refractivity contribution in [3.63, 3.8) is 0 Å². The smallest absolute Gasteiger partial charge is 0.287 e. The van der Waals surface area contributed by atoms with Crippen molar-refractivity contribution >= 4 is 34.9 Å². The molecule has 5 heteroatoms. The molecule has 0 aliphatic heterocycles. The minimum atomic E-state index is -0.610. The predicted octanol–water partition coefficient (Wildman–Crippen LogP) is 2.20. The number of ketones is 1. The lowest BCUT2D eigenvalue weighted by atomic mass is 10.2. The maximum absolute atomic E-state index is 10.9. The number of rotatable bonds is 3. The number of Topliss-reactive ketones (excluding diaryl/α,β-unsaturated/α-hetero) is 1. The fourth-order valence-electron chi connectivity index (χ4n) is 0.956. The molecule has 0 aliphatic carbocycles. The van der Waals surface area contributed by atoms with E-state index in [1.165, 1.54) is 6.92 Å². The highest BCUT2D eigenvalue weighted by Crippen LogP contribution is 2.22. The molecule has 0 aliphatic rings. The molecule has 0 bridgehead atoms. The molecule has 1 amide bonds. The van der Waals surface area contributed by atoms with Crippen LogP contribution in [0.2, 0.25) is 10.0 Å². The topological polar surface area (TPSA) is 46.2 Å². The second-order valence-corrected chi connectivity index (χ2v) is 3.80. The highest BCUT2D eigenvalue weighted by Gasteiger charge is 2.06. The van der Waals surface area contributed by atoms with Gasteiger partial charge in [-0.2, -0.15) is 0 Å². The lowest BCUT2D eigenvalue weighted by Crippen LogP contribution is -2.28. The molecule has 15 heavy (non-hydrogen) atoms. The van der Waals surface area contributed by atoms with Gasteiger partial charge in [0.15, 0.2) is 0 Å². The average Bonchev–Trinajstić information content (AvgIpc) is 2.19. The lowest BCUT2D eigenvalue weighted by molar-refractivity contribution is -0.136. The van der Waals surface area contributed by atoms with Gasteiger partial charge >= 0.3 is 0 Å². The highest BCUT2D eigenvalue weighted by molar-refractivity contribution is 6.42. The van der Waals surface area contributed by atoms with Gasteiger partial charge in [0.2, 0.25) is 5.78 Å². The molecular formula is C10H9Cl2NO2. The zero-order valence-electron chi connectivity index (χ0n) is 8.01. The Hall–Kier alpha value is -1.06. The van der Waals surface area contributed by atoms with Crippen LogP contribution in [0.3, 0.4) is 0 Å². The van der Waals surface area contributed by atoms with Crippen molar-refractivity contribution in [2.24, 2.45) is 0 Å². The van der Waals surface area contributed by atoms with Crippen LogP contribution < -0.4 is 5.32 Å². The molecular weight excluding hydrogens is 237 g/mol. The number of nitrogens with one attached hydrogen (secondary N) is 1. The summed E-state index contributed by atoms with van der Waals surface area (Å²) in [6.45, 7) is 1.47. The van der Waals surface area contributed by atoms with E-state index in [0.717, 1.165) is 5.56 Å². The van der Waals surface area contributed by atoms with Crippen molar-refractivity contribution in [3.05, 3.63) is 33.8 Å².